The van der Waals surface area contributed by atoms with Crippen molar-refractivity contribution in [2.45, 2.75) is 26.1 Å². The second-order valence-electron chi connectivity index (χ2n) is 4.37. The van der Waals surface area contributed by atoms with Crippen molar-refractivity contribution in [1.82, 2.24) is 10.2 Å². The van der Waals surface area contributed by atoms with E-state index in [1.165, 1.54) is 10.4 Å². The Morgan fingerprint density at radius 2 is 2.06 bits per heavy atom. The number of aryl methyl sites for hydroxylation is 1. The number of halogens is 3. The minimum Gasteiger partial charge on any atom is -0.311 e. The molecular formula is C12H19F3N2S. The van der Waals surface area contributed by atoms with Gasteiger partial charge in [0, 0.05) is 31.1 Å². The van der Waals surface area contributed by atoms with E-state index in [9.17, 15) is 13.2 Å². The maximum atomic E-state index is 12.0. The van der Waals surface area contributed by atoms with Crippen LogP contribution in [-0.4, -0.2) is 37.8 Å². The molecule has 18 heavy (non-hydrogen) atoms. The molecule has 0 fully saturated rings. The summed E-state index contributed by atoms with van der Waals surface area (Å²) in [6.45, 7) is 4.23. The number of thiophene rings is 1. The van der Waals surface area contributed by atoms with Gasteiger partial charge in [-0.3, -0.25) is 0 Å². The molecule has 1 N–H and O–H groups in total. The molecule has 0 radical (unpaired) electrons. The smallest absolute Gasteiger partial charge is 0.311 e. The van der Waals surface area contributed by atoms with Crippen LogP contribution in [0.2, 0.25) is 0 Å². The van der Waals surface area contributed by atoms with E-state index < -0.39 is 12.6 Å². The molecule has 0 aliphatic heterocycles. The largest absolute Gasteiger partial charge is 0.390 e. The van der Waals surface area contributed by atoms with Gasteiger partial charge in [-0.15, -0.1) is 11.3 Å². The molecule has 1 heterocycles. The van der Waals surface area contributed by atoms with Crippen LogP contribution in [0.3, 0.4) is 0 Å². The zero-order chi connectivity index (χ0) is 13.6. The van der Waals surface area contributed by atoms with E-state index in [-0.39, 0.29) is 6.54 Å². The molecule has 0 unspecified atom stereocenters. The monoisotopic (exact) mass is 280 g/mol. The maximum absolute atomic E-state index is 12.0. The van der Waals surface area contributed by atoms with E-state index >= 15 is 0 Å². The minimum absolute atomic E-state index is 0.0587. The van der Waals surface area contributed by atoms with E-state index in [4.69, 9.17) is 0 Å². The van der Waals surface area contributed by atoms with E-state index in [2.05, 4.69) is 18.3 Å². The van der Waals surface area contributed by atoms with E-state index in [1.54, 1.807) is 23.3 Å². The second-order valence-corrected chi connectivity index (χ2v) is 5.37. The Bertz CT molecular complexity index is 349. The number of hydrogen-bond donors (Lipinski definition) is 1. The minimum atomic E-state index is -4.06. The van der Waals surface area contributed by atoms with Crippen LogP contribution < -0.4 is 5.32 Å². The van der Waals surface area contributed by atoms with Gasteiger partial charge in [-0.25, -0.2) is 0 Å². The molecule has 0 aliphatic carbocycles. The van der Waals surface area contributed by atoms with Gasteiger partial charge < -0.3 is 10.2 Å². The highest BCUT2D eigenvalue weighted by Crippen LogP contribution is 2.19. The first kappa shape index (κ1) is 15.5. The molecular weight excluding hydrogens is 261 g/mol. The molecule has 0 spiro atoms. The molecule has 0 aromatic carbocycles. The van der Waals surface area contributed by atoms with Crippen molar-refractivity contribution in [1.29, 1.82) is 0 Å². The molecule has 6 heteroatoms. The Kier molecular flexibility index (Phi) is 6.11. The third-order valence-corrected chi connectivity index (χ3v) is 3.72. The van der Waals surface area contributed by atoms with Crippen LogP contribution in [0.1, 0.15) is 16.9 Å². The van der Waals surface area contributed by atoms with Gasteiger partial charge in [0.15, 0.2) is 0 Å². The van der Waals surface area contributed by atoms with Crippen LogP contribution in [0.4, 0.5) is 13.2 Å². The molecule has 2 nitrogen and oxygen atoms in total. The van der Waals surface area contributed by atoms with Crippen LogP contribution in [0, 0.1) is 6.92 Å². The Hall–Kier alpha value is -0.590. The Morgan fingerprint density at radius 1 is 1.33 bits per heavy atom. The van der Waals surface area contributed by atoms with Crippen LogP contribution in [0.5, 0.6) is 0 Å². The Balaban J connectivity index is 2.09. The number of likely N-dealkylation sites (N-methyl/N-ethyl adjacent to an activating group) is 1. The second kappa shape index (κ2) is 7.11. The fraction of sp³-hybridized carbons (Fsp3) is 0.667. The van der Waals surface area contributed by atoms with E-state index in [1.807, 2.05) is 5.38 Å². The first-order chi connectivity index (χ1) is 8.38. The van der Waals surface area contributed by atoms with Crippen molar-refractivity contribution < 1.29 is 13.2 Å². The SMILES string of the molecule is Cc1ccsc1CNCCN(C)CCC(F)(F)F. The molecule has 1 rings (SSSR count). The van der Waals surface area contributed by atoms with Crippen LogP contribution in [0.25, 0.3) is 0 Å². The highest BCUT2D eigenvalue weighted by Gasteiger charge is 2.26. The van der Waals surface area contributed by atoms with Crippen LogP contribution in [0.15, 0.2) is 11.4 Å². The summed E-state index contributed by atoms with van der Waals surface area (Å²) < 4.78 is 36.0. The molecule has 1 aromatic heterocycles. The third kappa shape index (κ3) is 6.37. The van der Waals surface area contributed by atoms with Gasteiger partial charge in [0.2, 0.25) is 0 Å². The predicted molar refractivity (Wildman–Crippen MR) is 68.9 cm³/mol. The maximum Gasteiger partial charge on any atom is 0.390 e. The van der Waals surface area contributed by atoms with Gasteiger partial charge in [0.05, 0.1) is 6.42 Å². The summed E-state index contributed by atoms with van der Waals surface area (Å²) in [5, 5.41) is 5.29. The number of hydrogen-bond acceptors (Lipinski definition) is 3. The lowest BCUT2D eigenvalue weighted by Gasteiger charge is -2.17. The van der Waals surface area contributed by atoms with Gasteiger partial charge in [-0.2, -0.15) is 13.2 Å². The van der Waals surface area contributed by atoms with Crippen molar-refractivity contribution in [2.24, 2.45) is 0 Å². The van der Waals surface area contributed by atoms with Gasteiger partial charge >= 0.3 is 6.18 Å². The third-order valence-electron chi connectivity index (χ3n) is 2.70. The molecule has 0 saturated heterocycles. The highest BCUT2D eigenvalue weighted by molar-refractivity contribution is 7.10. The van der Waals surface area contributed by atoms with Crippen molar-refractivity contribution in [2.75, 3.05) is 26.7 Å². The first-order valence-electron chi connectivity index (χ1n) is 5.87. The van der Waals surface area contributed by atoms with Crippen molar-refractivity contribution in [3.8, 4) is 0 Å². The van der Waals surface area contributed by atoms with E-state index in [0.717, 1.165) is 6.54 Å². The molecule has 1 aromatic rings. The average molecular weight is 280 g/mol. The molecule has 0 saturated carbocycles. The highest BCUT2D eigenvalue weighted by atomic mass is 32.1. The van der Waals surface area contributed by atoms with Gasteiger partial charge in [-0.05, 0) is 31.0 Å². The fourth-order valence-electron chi connectivity index (χ4n) is 1.49. The fourth-order valence-corrected chi connectivity index (χ4v) is 2.36. The average Bonchev–Trinajstić information content (AvgIpc) is 2.67. The van der Waals surface area contributed by atoms with Crippen LogP contribution in [-0.2, 0) is 6.54 Å². The van der Waals surface area contributed by atoms with Gasteiger partial charge in [0.25, 0.3) is 0 Å². The lowest BCUT2D eigenvalue weighted by Crippen LogP contribution is -2.31. The summed E-state index contributed by atoms with van der Waals surface area (Å²) in [7, 11) is 1.71. The summed E-state index contributed by atoms with van der Waals surface area (Å²) in [4.78, 5) is 2.98. The lowest BCUT2D eigenvalue weighted by atomic mass is 10.3. The van der Waals surface area contributed by atoms with Crippen molar-refractivity contribution >= 4 is 11.3 Å². The number of rotatable bonds is 7. The number of nitrogens with zero attached hydrogens (tertiary/aromatic N) is 1. The van der Waals surface area contributed by atoms with Gasteiger partial charge in [0.1, 0.15) is 0 Å². The Morgan fingerprint density at radius 3 is 2.61 bits per heavy atom. The zero-order valence-electron chi connectivity index (χ0n) is 10.7. The van der Waals surface area contributed by atoms with Gasteiger partial charge in [-0.1, -0.05) is 0 Å². The lowest BCUT2D eigenvalue weighted by molar-refractivity contribution is -0.137. The summed E-state index contributed by atoms with van der Waals surface area (Å²) >= 11 is 1.70. The molecule has 0 bridgehead atoms. The number of nitrogens with one attached hydrogen (secondary N) is 1. The zero-order valence-corrected chi connectivity index (χ0v) is 11.5. The molecule has 104 valence electrons. The summed E-state index contributed by atoms with van der Waals surface area (Å²) in [6, 6.07) is 2.07. The molecule has 0 amide bonds. The van der Waals surface area contributed by atoms with Crippen molar-refractivity contribution in [3.63, 3.8) is 0 Å². The summed E-state index contributed by atoms with van der Waals surface area (Å²) in [5.41, 5.74) is 1.26. The first-order valence-corrected chi connectivity index (χ1v) is 6.75. The van der Waals surface area contributed by atoms with Crippen molar-refractivity contribution in [3.05, 3.63) is 21.9 Å². The Labute approximate surface area is 110 Å². The number of alkyl halides is 3. The topological polar surface area (TPSA) is 15.3 Å². The normalized spacial score (nSPS) is 12.3. The predicted octanol–water partition coefficient (Wildman–Crippen LogP) is 3.03. The quantitative estimate of drug-likeness (QED) is 0.772. The molecule has 0 atom stereocenters. The summed E-state index contributed by atoms with van der Waals surface area (Å²) in [5.74, 6) is 0. The van der Waals surface area contributed by atoms with Crippen LogP contribution >= 0.6 is 11.3 Å². The van der Waals surface area contributed by atoms with E-state index in [0.29, 0.717) is 13.1 Å². The molecule has 0 aliphatic rings. The summed E-state index contributed by atoms with van der Waals surface area (Å²) in [6.07, 6.45) is -4.80. The standard InChI is InChI=1S/C12H19F3N2S/c1-10-3-8-18-11(10)9-16-5-7-17(2)6-4-12(13,14)15/h3,8,16H,4-7,9H2,1-2H3.